The topological polar surface area (TPSA) is 83.3 Å². The van der Waals surface area contributed by atoms with Gasteiger partial charge in [0.15, 0.2) is 0 Å². The van der Waals surface area contributed by atoms with Crippen molar-refractivity contribution >= 4 is 17.7 Å². The van der Waals surface area contributed by atoms with Crippen LogP contribution in [-0.2, 0) is 14.3 Å². The van der Waals surface area contributed by atoms with Crippen LogP contribution in [0.15, 0.2) is 16.7 Å². The second kappa shape index (κ2) is 9.23. The maximum absolute atomic E-state index is 13.0. The predicted octanol–water partition coefficient (Wildman–Crippen LogP) is 1.29. The Morgan fingerprint density at radius 1 is 1.18 bits per heavy atom. The number of ether oxygens (including phenoxy) is 1. The molecule has 0 unspecified atom stereocenters. The van der Waals surface area contributed by atoms with Crippen LogP contribution in [0.1, 0.15) is 42.3 Å². The number of furan rings is 1. The number of carbonyl (C=O) groups is 3. The molecule has 0 saturated carbocycles. The monoisotopic (exact) mass is 391 g/mol. The van der Waals surface area contributed by atoms with Crippen molar-refractivity contribution < 1.29 is 23.5 Å². The van der Waals surface area contributed by atoms with Gasteiger partial charge in [-0.05, 0) is 25.8 Å². The Kier molecular flexibility index (Phi) is 6.72. The van der Waals surface area contributed by atoms with E-state index in [-0.39, 0.29) is 30.2 Å². The van der Waals surface area contributed by atoms with E-state index in [4.69, 9.17) is 9.15 Å². The van der Waals surface area contributed by atoms with Crippen LogP contribution in [0, 0.1) is 6.92 Å². The second-order valence-electron chi connectivity index (χ2n) is 7.41. The fraction of sp³-hybridized carbons (Fsp3) is 0.650. The van der Waals surface area contributed by atoms with Crippen molar-refractivity contribution in [1.29, 1.82) is 0 Å². The number of carbonyl (C=O) groups excluding carboxylic acids is 3. The maximum atomic E-state index is 13.0. The molecule has 0 aliphatic carbocycles. The van der Waals surface area contributed by atoms with Crippen molar-refractivity contribution in [3.8, 4) is 0 Å². The van der Waals surface area contributed by atoms with Gasteiger partial charge in [-0.1, -0.05) is 0 Å². The average molecular weight is 391 g/mol. The summed E-state index contributed by atoms with van der Waals surface area (Å²) in [6.07, 6.45) is 3.71. The Morgan fingerprint density at radius 3 is 2.46 bits per heavy atom. The van der Waals surface area contributed by atoms with Crippen LogP contribution >= 0.6 is 0 Å². The van der Waals surface area contributed by atoms with E-state index in [2.05, 4.69) is 0 Å². The van der Waals surface area contributed by atoms with Gasteiger partial charge >= 0.3 is 0 Å². The van der Waals surface area contributed by atoms with Gasteiger partial charge in [-0.2, -0.15) is 0 Å². The lowest BCUT2D eigenvalue weighted by Gasteiger charge is -2.34. The number of hydrogen-bond acceptors (Lipinski definition) is 5. The summed E-state index contributed by atoms with van der Waals surface area (Å²) in [6.45, 7) is 7.06. The second-order valence-corrected chi connectivity index (χ2v) is 7.41. The molecule has 0 aromatic carbocycles. The standard InChI is InChI=1S/C20H29N3O5/c1-15-18(6-13-27-15)20(26)23(14-17-4-3-12-28-17)7-5-19(25)22-10-8-21(9-11-22)16(2)24/h6,13,17H,3-5,7-12,14H2,1-2H3/t17-/m1/s1. The molecule has 3 rings (SSSR count). The van der Waals surface area contributed by atoms with E-state index in [0.29, 0.717) is 50.6 Å². The van der Waals surface area contributed by atoms with E-state index in [0.717, 1.165) is 19.4 Å². The van der Waals surface area contributed by atoms with Gasteiger partial charge in [-0.15, -0.1) is 0 Å². The van der Waals surface area contributed by atoms with Gasteiger partial charge in [0.05, 0.1) is 17.9 Å². The molecule has 2 aliphatic rings. The van der Waals surface area contributed by atoms with Crippen LogP contribution < -0.4 is 0 Å². The Hall–Kier alpha value is -2.35. The molecule has 0 N–H and O–H groups in total. The molecule has 1 atom stereocenters. The summed E-state index contributed by atoms with van der Waals surface area (Å²) in [6, 6.07) is 1.67. The van der Waals surface area contributed by atoms with Gasteiger partial charge < -0.3 is 23.9 Å². The molecule has 3 amide bonds. The third-order valence-electron chi connectivity index (χ3n) is 5.50. The molecule has 2 saturated heterocycles. The molecule has 1 aromatic rings. The normalized spacial score (nSPS) is 19.7. The molecule has 3 heterocycles. The summed E-state index contributed by atoms with van der Waals surface area (Å²) >= 11 is 0. The summed E-state index contributed by atoms with van der Waals surface area (Å²) in [5.74, 6) is 0.498. The molecule has 0 radical (unpaired) electrons. The Bertz CT molecular complexity index is 702. The van der Waals surface area contributed by atoms with Crippen molar-refractivity contribution in [2.24, 2.45) is 0 Å². The van der Waals surface area contributed by atoms with E-state index in [9.17, 15) is 14.4 Å². The lowest BCUT2D eigenvalue weighted by Crippen LogP contribution is -2.50. The molecular weight excluding hydrogens is 362 g/mol. The van der Waals surface area contributed by atoms with Gasteiger partial charge in [0, 0.05) is 59.2 Å². The molecule has 1 aromatic heterocycles. The molecule has 2 fully saturated rings. The average Bonchev–Trinajstić information content (AvgIpc) is 3.36. The predicted molar refractivity (Wildman–Crippen MR) is 102 cm³/mol. The van der Waals surface area contributed by atoms with Crippen molar-refractivity contribution in [1.82, 2.24) is 14.7 Å². The maximum Gasteiger partial charge on any atom is 0.257 e. The SMILES string of the molecule is CC(=O)N1CCN(C(=O)CCN(C[C@H]2CCCO2)C(=O)c2ccoc2C)CC1. The molecule has 0 bridgehead atoms. The molecule has 28 heavy (non-hydrogen) atoms. The fourth-order valence-electron chi connectivity index (χ4n) is 3.75. The zero-order valence-corrected chi connectivity index (χ0v) is 16.7. The third kappa shape index (κ3) is 4.92. The number of hydrogen-bond donors (Lipinski definition) is 0. The molecule has 8 heteroatoms. The summed E-state index contributed by atoms with van der Waals surface area (Å²) in [4.78, 5) is 42.2. The largest absolute Gasteiger partial charge is 0.469 e. The first-order chi connectivity index (χ1) is 13.5. The minimum absolute atomic E-state index is 0.0113. The van der Waals surface area contributed by atoms with Crippen molar-refractivity contribution in [3.05, 3.63) is 23.7 Å². The van der Waals surface area contributed by atoms with Gasteiger partial charge in [-0.25, -0.2) is 0 Å². The number of amides is 3. The minimum Gasteiger partial charge on any atom is -0.469 e. The quantitative estimate of drug-likeness (QED) is 0.730. The summed E-state index contributed by atoms with van der Waals surface area (Å²) in [5.41, 5.74) is 0.528. The van der Waals surface area contributed by atoms with Crippen LogP contribution in [0.3, 0.4) is 0 Å². The van der Waals surface area contributed by atoms with Crippen molar-refractivity contribution in [2.45, 2.75) is 39.2 Å². The van der Waals surface area contributed by atoms with Crippen LogP contribution in [0.25, 0.3) is 0 Å². The Morgan fingerprint density at radius 2 is 1.89 bits per heavy atom. The summed E-state index contributed by atoms with van der Waals surface area (Å²) < 4.78 is 11.0. The fourth-order valence-corrected chi connectivity index (χ4v) is 3.75. The highest BCUT2D eigenvalue weighted by atomic mass is 16.5. The first-order valence-electron chi connectivity index (χ1n) is 9.94. The number of nitrogens with zero attached hydrogens (tertiary/aromatic N) is 3. The van der Waals surface area contributed by atoms with Crippen LogP contribution in [0.4, 0.5) is 0 Å². The summed E-state index contributed by atoms with van der Waals surface area (Å²) in [7, 11) is 0. The lowest BCUT2D eigenvalue weighted by molar-refractivity contribution is -0.138. The highest BCUT2D eigenvalue weighted by Gasteiger charge is 2.27. The molecular formula is C20H29N3O5. The highest BCUT2D eigenvalue weighted by molar-refractivity contribution is 5.95. The molecule has 0 spiro atoms. The molecule has 154 valence electrons. The van der Waals surface area contributed by atoms with E-state index in [1.165, 1.54) is 6.26 Å². The first-order valence-corrected chi connectivity index (χ1v) is 9.94. The van der Waals surface area contributed by atoms with E-state index in [1.807, 2.05) is 0 Å². The highest BCUT2D eigenvalue weighted by Crippen LogP contribution is 2.18. The smallest absolute Gasteiger partial charge is 0.257 e. The molecule has 8 nitrogen and oxygen atoms in total. The van der Waals surface area contributed by atoms with Gasteiger partial charge in [0.2, 0.25) is 11.8 Å². The van der Waals surface area contributed by atoms with Gasteiger partial charge in [0.1, 0.15) is 5.76 Å². The number of piperazine rings is 1. The third-order valence-corrected chi connectivity index (χ3v) is 5.50. The lowest BCUT2D eigenvalue weighted by atomic mass is 10.1. The Balaban J connectivity index is 1.58. The van der Waals surface area contributed by atoms with Crippen LogP contribution in [0.2, 0.25) is 0 Å². The number of aryl methyl sites for hydroxylation is 1. The van der Waals surface area contributed by atoms with Gasteiger partial charge in [-0.3, -0.25) is 14.4 Å². The van der Waals surface area contributed by atoms with E-state index in [1.54, 1.807) is 34.6 Å². The van der Waals surface area contributed by atoms with Crippen molar-refractivity contribution in [2.75, 3.05) is 45.9 Å². The number of rotatable bonds is 6. The van der Waals surface area contributed by atoms with Crippen molar-refractivity contribution in [3.63, 3.8) is 0 Å². The zero-order chi connectivity index (χ0) is 20.1. The Labute approximate surface area is 165 Å². The van der Waals surface area contributed by atoms with Gasteiger partial charge in [0.25, 0.3) is 5.91 Å². The summed E-state index contributed by atoms with van der Waals surface area (Å²) in [5, 5.41) is 0. The minimum atomic E-state index is -0.129. The van der Waals surface area contributed by atoms with E-state index >= 15 is 0 Å². The first kappa shape index (κ1) is 20.4. The van der Waals surface area contributed by atoms with E-state index < -0.39 is 0 Å². The van der Waals surface area contributed by atoms with Crippen LogP contribution in [-0.4, -0.2) is 84.4 Å². The van der Waals surface area contributed by atoms with Crippen LogP contribution in [0.5, 0.6) is 0 Å². The molecule has 2 aliphatic heterocycles. The zero-order valence-electron chi connectivity index (χ0n) is 16.7.